The van der Waals surface area contributed by atoms with Crippen LogP contribution in [0.1, 0.15) is 18.5 Å². The Labute approximate surface area is 154 Å². The molecule has 0 saturated carbocycles. The molecule has 4 rings (SSSR count). The van der Waals surface area contributed by atoms with Gasteiger partial charge in [-0.15, -0.1) is 5.10 Å². The number of fused-ring (bicyclic) bond motifs is 1. The van der Waals surface area contributed by atoms with Crippen molar-refractivity contribution < 1.29 is 0 Å². The maximum absolute atomic E-state index is 6.08. The molecule has 0 spiro atoms. The van der Waals surface area contributed by atoms with Gasteiger partial charge in [0.25, 0.3) is 0 Å². The SMILES string of the molecule is C[C@H](Nc1cc(-c2c(N)nn3cccnc23)ncn1)c1ccc(Cl)cc1. The van der Waals surface area contributed by atoms with E-state index in [1.54, 1.807) is 23.0 Å². The Morgan fingerprint density at radius 1 is 1.15 bits per heavy atom. The second kappa shape index (κ2) is 6.61. The molecule has 7 nitrogen and oxygen atoms in total. The van der Waals surface area contributed by atoms with Crippen molar-refractivity contribution >= 4 is 28.9 Å². The summed E-state index contributed by atoms with van der Waals surface area (Å²) in [5.41, 5.74) is 9.19. The third-order valence-electron chi connectivity index (χ3n) is 4.08. The molecule has 1 aromatic carbocycles. The molecule has 0 aliphatic rings. The fourth-order valence-electron chi connectivity index (χ4n) is 2.78. The first-order valence-corrected chi connectivity index (χ1v) is 8.43. The Balaban J connectivity index is 1.66. The molecule has 0 radical (unpaired) electrons. The molecule has 0 bridgehead atoms. The second-order valence-electron chi connectivity index (χ2n) is 5.85. The monoisotopic (exact) mass is 365 g/mol. The number of hydrogen-bond acceptors (Lipinski definition) is 6. The Morgan fingerprint density at radius 2 is 1.96 bits per heavy atom. The molecule has 0 aliphatic carbocycles. The van der Waals surface area contributed by atoms with Crippen molar-refractivity contribution in [2.75, 3.05) is 11.1 Å². The first-order chi connectivity index (χ1) is 12.6. The van der Waals surface area contributed by atoms with Crippen molar-refractivity contribution in [2.45, 2.75) is 13.0 Å². The third-order valence-corrected chi connectivity index (χ3v) is 4.33. The van der Waals surface area contributed by atoms with Crippen molar-refractivity contribution in [3.05, 3.63) is 65.7 Å². The molecule has 8 heteroatoms. The number of benzene rings is 1. The maximum Gasteiger partial charge on any atom is 0.166 e. The van der Waals surface area contributed by atoms with Gasteiger partial charge in [0.1, 0.15) is 12.1 Å². The average Bonchev–Trinajstić information content (AvgIpc) is 2.98. The lowest BCUT2D eigenvalue weighted by molar-refractivity contribution is 0.872. The van der Waals surface area contributed by atoms with Crippen LogP contribution in [-0.4, -0.2) is 24.6 Å². The summed E-state index contributed by atoms with van der Waals surface area (Å²) in [5, 5.41) is 8.35. The van der Waals surface area contributed by atoms with Crippen LogP contribution in [0.25, 0.3) is 16.9 Å². The topological polar surface area (TPSA) is 94.0 Å². The van der Waals surface area contributed by atoms with Gasteiger partial charge in [-0.3, -0.25) is 0 Å². The van der Waals surface area contributed by atoms with Gasteiger partial charge >= 0.3 is 0 Å². The molecular formula is C18H16ClN7. The summed E-state index contributed by atoms with van der Waals surface area (Å²) in [6, 6.07) is 11.4. The van der Waals surface area contributed by atoms with Crippen LogP contribution in [0, 0.1) is 0 Å². The van der Waals surface area contributed by atoms with Crippen LogP contribution in [0.2, 0.25) is 5.02 Å². The number of aromatic nitrogens is 5. The number of hydrogen-bond donors (Lipinski definition) is 2. The zero-order chi connectivity index (χ0) is 18.1. The van der Waals surface area contributed by atoms with Crippen LogP contribution in [0.5, 0.6) is 0 Å². The van der Waals surface area contributed by atoms with E-state index in [1.165, 1.54) is 6.33 Å². The Hall–Kier alpha value is -3.19. The summed E-state index contributed by atoms with van der Waals surface area (Å²) in [6.07, 6.45) is 4.99. The van der Waals surface area contributed by atoms with Crippen LogP contribution in [0.4, 0.5) is 11.6 Å². The van der Waals surface area contributed by atoms with Gasteiger partial charge in [-0.05, 0) is 30.7 Å². The minimum absolute atomic E-state index is 0.0504. The highest BCUT2D eigenvalue weighted by atomic mass is 35.5. The van der Waals surface area contributed by atoms with Crippen molar-refractivity contribution in [1.29, 1.82) is 0 Å². The van der Waals surface area contributed by atoms with Gasteiger partial charge in [0.05, 0.1) is 11.3 Å². The zero-order valence-electron chi connectivity index (χ0n) is 14.0. The second-order valence-corrected chi connectivity index (χ2v) is 6.29. The van der Waals surface area contributed by atoms with Crippen LogP contribution in [0.15, 0.2) is 55.1 Å². The summed E-state index contributed by atoms with van der Waals surface area (Å²) in [7, 11) is 0. The molecule has 0 aliphatic heterocycles. The molecule has 3 N–H and O–H groups in total. The van der Waals surface area contributed by atoms with E-state index in [-0.39, 0.29) is 6.04 Å². The zero-order valence-corrected chi connectivity index (χ0v) is 14.7. The largest absolute Gasteiger partial charge is 0.382 e. The molecule has 3 heterocycles. The van der Waals surface area contributed by atoms with E-state index in [0.29, 0.717) is 33.6 Å². The maximum atomic E-state index is 6.08. The molecule has 0 unspecified atom stereocenters. The number of nitrogens with zero attached hydrogens (tertiary/aromatic N) is 5. The lowest BCUT2D eigenvalue weighted by Gasteiger charge is -2.15. The van der Waals surface area contributed by atoms with E-state index in [2.05, 4.69) is 32.3 Å². The predicted octanol–water partition coefficient (Wildman–Crippen LogP) is 3.60. The number of nitrogen functional groups attached to an aromatic ring is 1. The molecule has 130 valence electrons. The Morgan fingerprint density at radius 3 is 2.77 bits per heavy atom. The summed E-state index contributed by atoms with van der Waals surface area (Å²) < 4.78 is 1.64. The van der Waals surface area contributed by atoms with Gasteiger partial charge in [0, 0.05) is 29.5 Å². The summed E-state index contributed by atoms with van der Waals surface area (Å²) in [4.78, 5) is 13.0. The van der Waals surface area contributed by atoms with Crippen LogP contribution >= 0.6 is 11.6 Å². The van der Waals surface area contributed by atoms with E-state index in [9.17, 15) is 0 Å². The van der Waals surface area contributed by atoms with E-state index < -0.39 is 0 Å². The summed E-state index contributed by atoms with van der Waals surface area (Å²) in [6.45, 7) is 2.05. The first-order valence-electron chi connectivity index (χ1n) is 8.05. The van der Waals surface area contributed by atoms with Gasteiger partial charge in [-0.2, -0.15) is 0 Å². The fraction of sp³-hybridized carbons (Fsp3) is 0.111. The highest BCUT2D eigenvalue weighted by molar-refractivity contribution is 6.30. The van der Waals surface area contributed by atoms with Crippen molar-refractivity contribution in [3.63, 3.8) is 0 Å². The Kier molecular flexibility index (Phi) is 4.14. The molecule has 3 aromatic heterocycles. The number of nitrogens with one attached hydrogen (secondary N) is 1. The number of rotatable bonds is 4. The van der Waals surface area contributed by atoms with E-state index in [1.807, 2.05) is 30.3 Å². The van der Waals surface area contributed by atoms with Crippen molar-refractivity contribution in [1.82, 2.24) is 24.6 Å². The standard InChI is InChI=1S/C18H16ClN7/c1-11(12-3-5-13(19)6-4-12)24-15-9-14(22-10-23-15)16-17(20)25-26-8-2-7-21-18(16)26/h2-11H,1H3,(H2,20,25)(H,22,23,24)/t11-/m0/s1. The van der Waals surface area contributed by atoms with Crippen molar-refractivity contribution in [2.24, 2.45) is 0 Å². The van der Waals surface area contributed by atoms with Gasteiger partial charge < -0.3 is 11.1 Å². The van der Waals surface area contributed by atoms with Crippen molar-refractivity contribution in [3.8, 4) is 11.3 Å². The summed E-state index contributed by atoms with van der Waals surface area (Å²) >= 11 is 5.95. The molecule has 0 saturated heterocycles. The van der Waals surface area contributed by atoms with Gasteiger partial charge in [0.2, 0.25) is 0 Å². The number of nitrogens with two attached hydrogens (primary N) is 1. The first kappa shape index (κ1) is 16.3. The van der Waals surface area contributed by atoms with E-state index >= 15 is 0 Å². The number of halogens is 1. The quantitative estimate of drug-likeness (QED) is 0.574. The normalized spacial score (nSPS) is 12.2. The van der Waals surface area contributed by atoms with Gasteiger partial charge in [-0.1, -0.05) is 23.7 Å². The minimum Gasteiger partial charge on any atom is -0.382 e. The highest BCUT2D eigenvalue weighted by Crippen LogP contribution is 2.29. The third kappa shape index (κ3) is 3.04. The molecule has 4 aromatic rings. The molecular weight excluding hydrogens is 350 g/mol. The highest BCUT2D eigenvalue weighted by Gasteiger charge is 2.16. The van der Waals surface area contributed by atoms with Crippen LogP contribution in [-0.2, 0) is 0 Å². The van der Waals surface area contributed by atoms with E-state index in [0.717, 1.165) is 5.56 Å². The van der Waals surface area contributed by atoms with Gasteiger partial charge in [0.15, 0.2) is 11.5 Å². The fourth-order valence-corrected chi connectivity index (χ4v) is 2.91. The average molecular weight is 366 g/mol. The summed E-state index contributed by atoms with van der Waals surface area (Å²) in [5.74, 6) is 1.06. The molecule has 26 heavy (non-hydrogen) atoms. The Bertz CT molecular complexity index is 1060. The smallest absolute Gasteiger partial charge is 0.166 e. The lowest BCUT2D eigenvalue weighted by Crippen LogP contribution is -2.08. The van der Waals surface area contributed by atoms with Crippen LogP contribution < -0.4 is 11.1 Å². The molecule has 0 fully saturated rings. The van der Waals surface area contributed by atoms with E-state index in [4.69, 9.17) is 17.3 Å². The molecule has 1 atom stereocenters. The number of anilines is 2. The minimum atomic E-state index is 0.0504. The molecule has 0 amide bonds. The van der Waals surface area contributed by atoms with Crippen LogP contribution in [0.3, 0.4) is 0 Å². The predicted molar refractivity (Wildman–Crippen MR) is 102 cm³/mol. The lowest BCUT2D eigenvalue weighted by atomic mass is 10.1. The van der Waals surface area contributed by atoms with Gasteiger partial charge in [-0.25, -0.2) is 19.5 Å².